The van der Waals surface area contributed by atoms with Gasteiger partial charge in [0.05, 0.1) is 50.4 Å². The molecular weight excluding hydrogens is 548 g/mol. The number of amides is 1. The molecule has 0 saturated carbocycles. The standard InChI is InChI=1S/C31H28N8O2S/c1-17(40)27-2-3-28(42-27)31-21-13-25(37-23(21)6-9-34-31)30-22-12-24(35-16-26(22)38-39-30)19-11-20(15-33-14-19)36-29(41)10-18-4-7-32-8-5-18/h2-3,6,9,11-16,18,32,37H,4-5,7-8,10H2,1H3,(H,36,41)(H,38,39). The third-order valence-corrected chi connectivity index (χ3v) is 8.88. The van der Waals surface area contributed by atoms with Gasteiger partial charge in [-0.3, -0.25) is 29.6 Å². The van der Waals surface area contributed by atoms with Gasteiger partial charge in [0, 0.05) is 40.7 Å². The van der Waals surface area contributed by atoms with Crippen LogP contribution in [0.2, 0.25) is 0 Å². The van der Waals surface area contributed by atoms with Crippen molar-refractivity contribution in [1.29, 1.82) is 0 Å². The van der Waals surface area contributed by atoms with E-state index >= 15 is 0 Å². The number of rotatable bonds is 7. The van der Waals surface area contributed by atoms with E-state index in [9.17, 15) is 9.59 Å². The third kappa shape index (κ3) is 5.08. The number of ketones is 1. The van der Waals surface area contributed by atoms with Crippen LogP contribution in [-0.4, -0.2) is 54.9 Å². The lowest BCUT2D eigenvalue weighted by Gasteiger charge is -2.21. The molecule has 0 unspecified atom stereocenters. The molecule has 0 atom stereocenters. The number of thiophene rings is 1. The molecule has 1 saturated heterocycles. The third-order valence-electron chi connectivity index (χ3n) is 7.69. The Labute approximate surface area is 245 Å². The van der Waals surface area contributed by atoms with Gasteiger partial charge >= 0.3 is 0 Å². The Morgan fingerprint density at radius 1 is 0.976 bits per heavy atom. The topological polar surface area (TPSA) is 141 Å². The number of aromatic amines is 2. The number of H-pyrrole nitrogens is 2. The lowest BCUT2D eigenvalue weighted by Crippen LogP contribution is -2.30. The van der Waals surface area contributed by atoms with Crippen molar-refractivity contribution < 1.29 is 9.59 Å². The summed E-state index contributed by atoms with van der Waals surface area (Å²) in [6.07, 6.45) is 9.48. The minimum absolute atomic E-state index is 0.00844. The summed E-state index contributed by atoms with van der Waals surface area (Å²) in [6, 6.07) is 11.6. The number of nitrogens with zero attached hydrogens (tertiary/aromatic N) is 4. The van der Waals surface area contributed by atoms with Gasteiger partial charge in [0.2, 0.25) is 5.91 Å². The number of pyridine rings is 3. The molecular formula is C31H28N8O2S. The number of nitrogens with one attached hydrogen (secondary N) is 4. The van der Waals surface area contributed by atoms with Crippen LogP contribution in [0.3, 0.4) is 0 Å². The second-order valence-corrected chi connectivity index (χ2v) is 11.7. The van der Waals surface area contributed by atoms with Gasteiger partial charge in [-0.1, -0.05) is 0 Å². The molecule has 0 spiro atoms. The summed E-state index contributed by atoms with van der Waals surface area (Å²) in [5.74, 6) is 0.459. The molecule has 10 nitrogen and oxygen atoms in total. The van der Waals surface area contributed by atoms with Gasteiger partial charge in [0.15, 0.2) is 5.78 Å². The number of piperidine rings is 1. The summed E-state index contributed by atoms with van der Waals surface area (Å²) in [7, 11) is 0. The molecule has 6 aromatic heterocycles. The van der Waals surface area contributed by atoms with Crippen LogP contribution in [0.1, 0.15) is 35.9 Å². The maximum atomic E-state index is 12.7. The molecule has 1 aliphatic heterocycles. The van der Waals surface area contributed by atoms with Gasteiger partial charge in [-0.05, 0) is 75.2 Å². The van der Waals surface area contributed by atoms with Crippen LogP contribution >= 0.6 is 11.3 Å². The molecule has 210 valence electrons. The van der Waals surface area contributed by atoms with Crippen LogP contribution in [-0.2, 0) is 4.79 Å². The van der Waals surface area contributed by atoms with Gasteiger partial charge in [0.1, 0.15) is 5.69 Å². The maximum Gasteiger partial charge on any atom is 0.224 e. The molecule has 0 aromatic carbocycles. The van der Waals surface area contributed by atoms with Crippen molar-refractivity contribution in [3.8, 4) is 33.2 Å². The lowest BCUT2D eigenvalue weighted by atomic mass is 9.94. The van der Waals surface area contributed by atoms with Gasteiger partial charge in [-0.25, -0.2) is 0 Å². The van der Waals surface area contributed by atoms with E-state index in [1.165, 1.54) is 11.3 Å². The van der Waals surface area contributed by atoms with Gasteiger partial charge in [0.25, 0.3) is 0 Å². The van der Waals surface area contributed by atoms with Crippen LogP contribution in [0.4, 0.5) is 5.69 Å². The van der Waals surface area contributed by atoms with Crippen molar-refractivity contribution >= 4 is 50.5 Å². The highest BCUT2D eigenvalue weighted by atomic mass is 32.1. The lowest BCUT2D eigenvalue weighted by molar-refractivity contribution is -0.117. The molecule has 1 amide bonds. The highest BCUT2D eigenvalue weighted by Gasteiger charge is 2.19. The predicted molar refractivity (Wildman–Crippen MR) is 164 cm³/mol. The minimum Gasteiger partial charge on any atom is -0.353 e. The van der Waals surface area contributed by atoms with Crippen LogP contribution in [0, 0.1) is 5.92 Å². The van der Waals surface area contributed by atoms with Gasteiger partial charge in [-0.2, -0.15) is 5.10 Å². The largest absolute Gasteiger partial charge is 0.353 e. The van der Waals surface area contributed by atoms with Crippen LogP contribution in [0.15, 0.2) is 61.2 Å². The van der Waals surface area contributed by atoms with Crippen molar-refractivity contribution in [2.24, 2.45) is 5.92 Å². The molecule has 6 aromatic rings. The zero-order chi connectivity index (χ0) is 28.6. The van der Waals surface area contributed by atoms with Gasteiger partial charge in [-0.15, -0.1) is 11.3 Å². The summed E-state index contributed by atoms with van der Waals surface area (Å²) in [6.45, 7) is 3.50. The molecule has 7 rings (SSSR count). The highest BCUT2D eigenvalue weighted by molar-refractivity contribution is 7.17. The molecule has 1 aliphatic rings. The smallest absolute Gasteiger partial charge is 0.224 e. The Kier molecular flexibility index (Phi) is 6.80. The summed E-state index contributed by atoms with van der Waals surface area (Å²) in [5, 5.41) is 15.9. The number of aromatic nitrogens is 6. The van der Waals surface area contributed by atoms with Crippen LogP contribution in [0.5, 0.6) is 0 Å². The Morgan fingerprint density at radius 2 is 1.83 bits per heavy atom. The molecule has 0 aliphatic carbocycles. The first kappa shape index (κ1) is 26.2. The minimum atomic E-state index is 0.00844. The number of carbonyl (C=O) groups is 2. The fourth-order valence-electron chi connectivity index (χ4n) is 5.52. The number of anilines is 1. The zero-order valence-electron chi connectivity index (χ0n) is 22.9. The quantitative estimate of drug-likeness (QED) is 0.175. The first-order valence-electron chi connectivity index (χ1n) is 13.9. The van der Waals surface area contributed by atoms with E-state index in [4.69, 9.17) is 0 Å². The second-order valence-electron chi connectivity index (χ2n) is 10.6. The number of hydrogen-bond acceptors (Lipinski definition) is 8. The fourth-order valence-corrected chi connectivity index (χ4v) is 6.43. The summed E-state index contributed by atoms with van der Waals surface area (Å²) in [5.41, 5.74) is 6.31. The summed E-state index contributed by atoms with van der Waals surface area (Å²) < 4.78 is 0. The molecule has 11 heteroatoms. The van der Waals surface area contributed by atoms with E-state index in [0.29, 0.717) is 22.9 Å². The van der Waals surface area contributed by atoms with E-state index in [1.54, 1.807) is 31.7 Å². The molecule has 4 N–H and O–H groups in total. The number of hydrogen-bond donors (Lipinski definition) is 4. The first-order valence-corrected chi connectivity index (χ1v) is 14.7. The van der Waals surface area contributed by atoms with Crippen molar-refractivity contribution in [2.75, 3.05) is 18.4 Å². The maximum absolute atomic E-state index is 12.7. The second kappa shape index (κ2) is 10.9. The summed E-state index contributed by atoms with van der Waals surface area (Å²) >= 11 is 1.44. The normalized spacial score (nSPS) is 14.0. The zero-order valence-corrected chi connectivity index (χ0v) is 23.7. The van der Waals surface area contributed by atoms with Crippen molar-refractivity contribution in [3.05, 3.63) is 66.1 Å². The molecule has 42 heavy (non-hydrogen) atoms. The van der Waals surface area contributed by atoms with Crippen molar-refractivity contribution in [2.45, 2.75) is 26.2 Å². The van der Waals surface area contributed by atoms with Gasteiger partial charge < -0.3 is 15.6 Å². The number of fused-ring (bicyclic) bond motifs is 2. The average Bonchev–Trinajstić information content (AvgIpc) is 3.75. The SMILES string of the molecule is CC(=O)c1ccc(-c2nccc3[nH]c(-c4n[nH]c5cnc(-c6cncc(NC(=O)CC7CCNCC7)c6)cc45)cc23)s1. The Hall–Kier alpha value is -4.74. The highest BCUT2D eigenvalue weighted by Crippen LogP contribution is 2.36. The van der Waals surface area contributed by atoms with E-state index < -0.39 is 0 Å². The van der Waals surface area contributed by atoms with E-state index in [-0.39, 0.29) is 11.7 Å². The molecule has 1 fully saturated rings. The molecule has 0 radical (unpaired) electrons. The van der Waals surface area contributed by atoms with E-state index in [1.807, 2.05) is 36.4 Å². The monoisotopic (exact) mass is 576 g/mol. The fraction of sp³-hybridized carbons (Fsp3) is 0.226. The molecule has 0 bridgehead atoms. The number of carbonyl (C=O) groups excluding carboxylic acids is 2. The van der Waals surface area contributed by atoms with Crippen LogP contribution < -0.4 is 10.6 Å². The van der Waals surface area contributed by atoms with Crippen molar-refractivity contribution in [3.63, 3.8) is 0 Å². The Balaban J connectivity index is 1.19. The van der Waals surface area contributed by atoms with Crippen molar-refractivity contribution in [1.82, 2.24) is 35.5 Å². The predicted octanol–water partition coefficient (Wildman–Crippen LogP) is 5.82. The molecule has 7 heterocycles. The first-order chi connectivity index (χ1) is 20.5. The van der Waals surface area contributed by atoms with Crippen LogP contribution in [0.25, 0.3) is 55.0 Å². The Bertz CT molecular complexity index is 1950. The van der Waals surface area contributed by atoms with E-state index in [0.717, 1.165) is 81.0 Å². The number of Topliss-reactive ketones (excluding diaryl/α,β-unsaturated/α-hetero) is 1. The Morgan fingerprint density at radius 3 is 2.67 bits per heavy atom. The van der Waals surface area contributed by atoms with E-state index in [2.05, 4.69) is 40.8 Å². The average molecular weight is 577 g/mol. The summed E-state index contributed by atoms with van der Waals surface area (Å²) in [4.78, 5) is 43.3.